The molecule has 0 aliphatic carbocycles. The summed E-state index contributed by atoms with van der Waals surface area (Å²) in [5.74, 6) is -10.7. The summed E-state index contributed by atoms with van der Waals surface area (Å²) in [6, 6.07) is -1.22. The van der Waals surface area contributed by atoms with Gasteiger partial charge >= 0.3 is 11.7 Å². The fourth-order valence-corrected chi connectivity index (χ4v) is 5.39. The first kappa shape index (κ1) is 48.6. The monoisotopic (exact) mass is 829 g/mol. The minimum Gasteiger partial charge on any atom is -0.502 e. The molecule has 0 radical (unpaired) electrons. The number of carboxylic acid groups (broad SMARTS) is 1. The number of hydrogen-bond acceptors (Lipinski definition) is 15. The Bertz CT molecular complexity index is 1910. The van der Waals surface area contributed by atoms with E-state index in [1.165, 1.54) is 25.1 Å². The van der Waals surface area contributed by atoms with E-state index in [0.717, 1.165) is 24.3 Å². The van der Waals surface area contributed by atoms with Crippen LogP contribution in [0.5, 0.6) is 5.75 Å². The molecule has 2 aromatic carbocycles. The van der Waals surface area contributed by atoms with Gasteiger partial charge in [0, 0.05) is 18.2 Å². The van der Waals surface area contributed by atoms with E-state index in [1.807, 2.05) is 0 Å². The zero-order chi connectivity index (χ0) is 44.7. The Kier molecular flexibility index (Phi) is 18.5. The van der Waals surface area contributed by atoms with Crippen LogP contribution in [-0.4, -0.2) is 115 Å². The summed E-state index contributed by atoms with van der Waals surface area (Å²) in [6.45, 7) is 5.47. The number of phenolic OH excluding ortho intramolecular Hbond substituents is 1. The number of hydrogen-bond donors (Lipinski definition) is 10. The lowest BCUT2D eigenvalue weighted by Gasteiger charge is -2.29. The SMILES string of the molecule is CCCC[C@H](NC(=O)[C@H](C)NC(=O)[C@@H](N)C(C)C)C(=O)N[C@@H](CO)C(=O)N[C@@H](Cc1ccc(O)c([N+](=O)[O-])c1)C(=O)N(C(=O)c1ccccc1N)C(=O)[C@@H](N)CC(=O)O. The minimum absolute atomic E-state index is 0.0318. The first-order chi connectivity index (χ1) is 27.6. The van der Waals surface area contributed by atoms with Crippen LogP contribution in [0.3, 0.4) is 0 Å². The van der Waals surface area contributed by atoms with E-state index in [0.29, 0.717) is 12.8 Å². The Morgan fingerprint density at radius 1 is 0.831 bits per heavy atom. The molecule has 0 spiro atoms. The van der Waals surface area contributed by atoms with Crippen molar-refractivity contribution in [3.05, 3.63) is 63.7 Å². The molecule has 6 atom stereocenters. The number of carboxylic acids is 1. The number of carbonyl (C=O) groups excluding carboxylic acids is 7. The highest BCUT2D eigenvalue weighted by Gasteiger charge is 2.40. The molecule has 0 saturated heterocycles. The largest absolute Gasteiger partial charge is 0.502 e. The molecule has 0 aromatic heterocycles. The summed E-state index contributed by atoms with van der Waals surface area (Å²) < 4.78 is 0. The maximum absolute atomic E-state index is 14.3. The van der Waals surface area contributed by atoms with Crippen molar-refractivity contribution in [3.63, 3.8) is 0 Å². The fraction of sp³-hybridized carbons (Fsp3) is 0.459. The third-order valence-electron chi connectivity index (χ3n) is 8.91. The van der Waals surface area contributed by atoms with Gasteiger partial charge in [0.2, 0.25) is 23.6 Å². The van der Waals surface area contributed by atoms with E-state index in [9.17, 15) is 63.8 Å². The first-order valence-electron chi connectivity index (χ1n) is 18.4. The molecule has 0 aliphatic rings. The number of unbranched alkanes of at least 4 members (excludes halogenated alkanes) is 1. The van der Waals surface area contributed by atoms with Crippen LogP contribution in [0.4, 0.5) is 11.4 Å². The van der Waals surface area contributed by atoms with E-state index >= 15 is 0 Å². The van der Waals surface area contributed by atoms with Crippen LogP contribution in [0.15, 0.2) is 42.5 Å². The lowest BCUT2D eigenvalue weighted by molar-refractivity contribution is -0.385. The van der Waals surface area contributed by atoms with Crippen molar-refractivity contribution in [1.29, 1.82) is 0 Å². The summed E-state index contributed by atoms with van der Waals surface area (Å²) in [5.41, 5.74) is 16.0. The van der Waals surface area contributed by atoms with E-state index in [1.54, 1.807) is 20.8 Å². The molecule has 2 aromatic rings. The van der Waals surface area contributed by atoms with Crippen LogP contribution in [0.2, 0.25) is 0 Å². The summed E-state index contributed by atoms with van der Waals surface area (Å²) in [7, 11) is 0. The first-order valence-corrected chi connectivity index (χ1v) is 18.4. The number of nitrogens with zero attached hydrogens (tertiary/aromatic N) is 2. The molecule has 59 heavy (non-hydrogen) atoms. The van der Waals surface area contributed by atoms with Crippen molar-refractivity contribution in [2.24, 2.45) is 17.4 Å². The quantitative estimate of drug-likeness (QED) is 0.0391. The number of nitrogen functional groups attached to an aromatic ring is 1. The lowest BCUT2D eigenvalue weighted by atomic mass is 10.0. The van der Waals surface area contributed by atoms with E-state index < -0.39 is 125 Å². The second-order valence-corrected chi connectivity index (χ2v) is 13.9. The Labute approximate surface area is 338 Å². The highest BCUT2D eigenvalue weighted by Crippen LogP contribution is 2.27. The Morgan fingerprint density at radius 3 is 1.98 bits per heavy atom. The third kappa shape index (κ3) is 13.8. The van der Waals surface area contributed by atoms with Gasteiger partial charge in [-0.2, -0.15) is 0 Å². The molecule has 2 rings (SSSR count). The molecule has 0 unspecified atom stereocenters. The van der Waals surface area contributed by atoms with Crippen LogP contribution in [0.1, 0.15) is 69.3 Å². The van der Waals surface area contributed by atoms with Gasteiger partial charge in [0.05, 0.1) is 35.6 Å². The molecular weight excluding hydrogens is 778 g/mol. The molecule has 0 bridgehead atoms. The average Bonchev–Trinajstić information content (AvgIpc) is 3.17. The van der Waals surface area contributed by atoms with Gasteiger partial charge in [0.25, 0.3) is 17.7 Å². The summed E-state index contributed by atoms with van der Waals surface area (Å²) >= 11 is 0. The number of nitrogens with one attached hydrogen (secondary N) is 4. The van der Waals surface area contributed by atoms with Crippen molar-refractivity contribution in [1.82, 2.24) is 26.2 Å². The number of para-hydroxylation sites is 1. The number of nitrogens with two attached hydrogens (primary N) is 3. The van der Waals surface area contributed by atoms with E-state index in [4.69, 9.17) is 17.2 Å². The number of nitro groups is 1. The third-order valence-corrected chi connectivity index (χ3v) is 8.91. The fourth-order valence-electron chi connectivity index (χ4n) is 5.39. The van der Waals surface area contributed by atoms with Crippen LogP contribution in [-0.2, 0) is 40.0 Å². The van der Waals surface area contributed by atoms with Gasteiger partial charge in [0.15, 0.2) is 5.75 Å². The van der Waals surface area contributed by atoms with Gasteiger partial charge in [-0.3, -0.25) is 48.5 Å². The van der Waals surface area contributed by atoms with Gasteiger partial charge < -0.3 is 53.8 Å². The number of amides is 7. The standard InChI is InChI=1S/C37H51N9O13/c1-5-6-11-24(42-31(51)19(4)41-34(54)30(40)18(2)3)32(52)44-26(17-47)33(53)43-25(14-20-12-13-28(48)27(15-20)46(58)59)37(57)45(36(56)23(39)16-29(49)50)35(55)21-9-7-8-10-22(21)38/h7-10,12-13,15,18-19,23-26,30,47-48H,5-6,11,14,16-17,38-40H2,1-4H3,(H,41,54)(H,42,51)(H,43,53)(H,44,52)(H,49,50)/t19-,23-,24-,25-,26-,30-/m0/s1. The number of aliphatic hydroxyl groups excluding tert-OH is 1. The van der Waals surface area contributed by atoms with Crippen LogP contribution in [0.25, 0.3) is 0 Å². The number of carbonyl (C=O) groups is 8. The number of aliphatic hydroxyl groups is 1. The minimum atomic E-state index is -2.04. The lowest BCUT2D eigenvalue weighted by Crippen LogP contribution is -2.61. The number of aliphatic carboxylic acids is 1. The molecule has 322 valence electrons. The van der Waals surface area contributed by atoms with E-state index in [-0.39, 0.29) is 28.5 Å². The molecule has 13 N–H and O–H groups in total. The maximum atomic E-state index is 14.3. The highest BCUT2D eigenvalue weighted by atomic mass is 16.6. The number of aromatic hydroxyl groups is 1. The highest BCUT2D eigenvalue weighted by molar-refractivity contribution is 6.20. The summed E-state index contributed by atoms with van der Waals surface area (Å²) in [5, 5.41) is 50.6. The van der Waals surface area contributed by atoms with Gasteiger partial charge in [0.1, 0.15) is 24.2 Å². The Balaban J connectivity index is 2.55. The smallest absolute Gasteiger partial charge is 0.310 e. The molecule has 0 heterocycles. The van der Waals surface area contributed by atoms with Gasteiger partial charge in [-0.05, 0) is 43.0 Å². The van der Waals surface area contributed by atoms with Crippen molar-refractivity contribution >= 4 is 58.7 Å². The van der Waals surface area contributed by atoms with Crippen molar-refractivity contribution in [3.8, 4) is 5.75 Å². The molecule has 22 heteroatoms. The number of benzene rings is 2. The molecular formula is C37H51N9O13. The van der Waals surface area contributed by atoms with Crippen LogP contribution in [0, 0.1) is 16.0 Å². The molecule has 0 fully saturated rings. The zero-order valence-corrected chi connectivity index (χ0v) is 32.9. The van der Waals surface area contributed by atoms with Gasteiger partial charge in [-0.1, -0.05) is 51.8 Å². The number of anilines is 1. The maximum Gasteiger partial charge on any atom is 0.310 e. The van der Waals surface area contributed by atoms with Crippen molar-refractivity contribution in [2.45, 2.75) is 96.1 Å². The second-order valence-electron chi connectivity index (χ2n) is 13.9. The van der Waals surface area contributed by atoms with Crippen molar-refractivity contribution < 1.29 is 58.6 Å². The number of phenols is 1. The molecule has 22 nitrogen and oxygen atoms in total. The summed E-state index contributed by atoms with van der Waals surface area (Å²) in [6.07, 6.45) is -0.772. The zero-order valence-electron chi connectivity index (χ0n) is 32.9. The molecule has 0 saturated carbocycles. The Hall–Kier alpha value is -6.52. The normalized spacial score (nSPS) is 14.0. The number of rotatable bonds is 21. The average molecular weight is 830 g/mol. The van der Waals surface area contributed by atoms with Crippen LogP contribution < -0.4 is 38.5 Å². The Morgan fingerprint density at radius 2 is 1.42 bits per heavy atom. The van der Waals surface area contributed by atoms with Crippen LogP contribution >= 0.6 is 0 Å². The number of imide groups is 3. The van der Waals surface area contributed by atoms with Crippen molar-refractivity contribution in [2.75, 3.05) is 12.3 Å². The van der Waals surface area contributed by atoms with E-state index in [2.05, 4.69) is 21.3 Å². The predicted octanol–water partition coefficient (Wildman–Crippen LogP) is -1.45. The van der Waals surface area contributed by atoms with Gasteiger partial charge in [-0.25, -0.2) is 4.90 Å². The molecule has 7 amide bonds. The topological polar surface area (TPSA) is 370 Å². The van der Waals surface area contributed by atoms with Gasteiger partial charge in [-0.15, -0.1) is 0 Å². The second kappa shape index (κ2) is 22.4. The predicted molar refractivity (Wildman–Crippen MR) is 209 cm³/mol. The number of nitro benzene ring substituents is 1. The summed E-state index contributed by atoms with van der Waals surface area (Å²) in [4.78, 5) is 117. The molecule has 0 aliphatic heterocycles.